The maximum atomic E-state index is 13.1. The first-order valence-corrected chi connectivity index (χ1v) is 9.19. The van der Waals surface area contributed by atoms with Gasteiger partial charge in [0.05, 0.1) is 17.6 Å². The minimum Gasteiger partial charge on any atom is -0.465 e. The van der Waals surface area contributed by atoms with Crippen molar-refractivity contribution in [2.24, 2.45) is 5.73 Å². The molecule has 2 atom stereocenters. The van der Waals surface area contributed by atoms with Crippen LogP contribution in [0, 0.1) is 6.92 Å². The molecular formula is C16H25ClN2O4S. The van der Waals surface area contributed by atoms with Crippen LogP contribution in [0.1, 0.15) is 42.1 Å². The van der Waals surface area contributed by atoms with E-state index in [2.05, 4.69) is 4.74 Å². The third-order valence-electron chi connectivity index (χ3n) is 4.30. The van der Waals surface area contributed by atoms with Crippen molar-refractivity contribution in [2.75, 3.05) is 13.7 Å². The van der Waals surface area contributed by atoms with E-state index in [9.17, 15) is 13.2 Å². The van der Waals surface area contributed by atoms with Crippen LogP contribution in [0.25, 0.3) is 0 Å². The Balaban J connectivity index is 0.00000288. The number of hydrogen-bond acceptors (Lipinski definition) is 5. The Morgan fingerprint density at radius 2 is 2.04 bits per heavy atom. The molecular weight excluding hydrogens is 352 g/mol. The van der Waals surface area contributed by atoms with Crippen molar-refractivity contribution >= 4 is 28.4 Å². The molecule has 2 unspecified atom stereocenters. The van der Waals surface area contributed by atoms with E-state index in [1.165, 1.54) is 17.5 Å². The van der Waals surface area contributed by atoms with Crippen LogP contribution < -0.4 is 5.73 Å². The van der Waals surface area contributed by atoms with Gasteiger partial charge in [-0.3, -0.25) is 0 Å². The summed E-state index contributed by atoms with van der Waals surface area (Å²) < 4.78 is 32.4. The SMILES string of the molecule is COC(=O)c1ccc(C)c(S(=O)(=O)N2CCCCC2C(C)N)c1.Cl. The van der Waals surface area contributed by atoms with Crippen LogP contribution in [-0.2, 0) is 14.8 Å². The lowest BCUT2D eigenvalue weighted by Crippen LogP contribution is -2.51. The third kappa shape index (κ3) is 4.08. The third-order valence-corrected chi connectivity index (χ3v) is 6.37. The van der Waals surface area contributed by atoms with Crippen LogP contribution in [0.5, 0.6) is 0 Å². The number of esters is 1. The molecule has 0 aliphatic carbocycles. The molecule has 6 nitrogen and oxygen atoms in total. The fourth-order valence-electron chi connectivity index (χ4n) is 3.00. The highest BCUT2D eigenvalue weighted by molar-refractivity contribution is 7.89. The van der Waals surface area contributed by atoms with E-state index in [0.717, 1.165) is 19.3 Å². The number of aryl methyl sites for hydroxylation is 1. The number of carbonyl (C=O) groups excluding carboxylic acids is 1. The number of piperidine rings is 1. The average molecular weight is 377 g/mol. The summed E-state index contributed by atoms with van der Waals surface area (Å²) >= 11 is 0. The summed E-state index contributed by atoms with van der Waals surface area (Å²) in [7, 11) is -2.43. The van der Waals surface area contributed by atoms with Gasteiger partial charge in [0.25, 0.3) is 0 Å². The van der Waals surface area contributed by atoms with Gasteiger partial charge in [-0.05, 0) is 44.4 Å². The standard InChI is InChI=1S/C16H24N2O4S.ClH/c1-11-7-8-13(16(19)22-3)10-15(11)23(20,21)18-9-5-4-6-14(18)12(2)17;/h7-8,10,12,14H,4-6,9,17H2,1-3H3;1H. The number of methoxy groups -OCH3 is 1. The molecule has 1 fully saturated rings. The fourth-order valence-corrected chi connectivity index (χ4v) is 5.03. The Morgan fingerprint density at radius 1 is 1.38 bits per heavy atom. The minimum atomic E-state index is -3.71. The van der Waals surface area contributed by atoms with Gasteiger partial charge < -0.3 is 10.5 Å². The zero-order chi connectivity index (χ0) is 17.2. The van der Waals surface area contributed by atoms with Crippen molar-refractivity contribution < 1.29 is 17.9 Å². The number of carbonyl (C=O) groups is 1. The summed E-state index contributed by atoms with van der Waals surface area (Å²) in [5.41, 5.74) is 6.82. The highest BCUT2D eigenvalue weighted by Gasteiger charge is 2.36. The Morgan fingerprint density at radius 3 is 2.62 bits per heavy atom. The molecule has 0 saturated carbocycles. The molecule has 1 aliphatic heterocycles. The quantitative estimate of drug-likeness (QED) is 0.812. The predicted molar refractivity (Wildman–Crippen MR) is 94.9 cm³/mol. The van der Waals surface area contributed by atoms with Crippen molar-refractivity contribution in [3.8, 4) is 0 Å². The van der Waals surface area contributed by atoms with Gasteiger partial charge in [0.1, 0.15) is 0 Å². The van der Waals surface area contributed by atoms with Crippen molar-refractivity contribution in [1.82, 2.24) is 4.31 Å². The molecule has 0 bridgehead atoms. The van der Waals surface area contributed by atoms with Crippen molar-refractivity contribution in [2.45, 2.75) is 50.1 Å². The molecule has 1 aromatic rings. The molecule has 1 saturated heterocycles. The number of ether oxygens (including phenoxy) is 1. The Bertz CT molecular complexity index is 691. The van der Waals surface area contributed by atoms with Crippen LogP contribution >= 0.6 is 12.4 Å². The second kappa shape index (κ2) is 8.29. The second-order valence-electron chi connectivity index (χ2n) is 6.01. The number of nitrogens with zero attached hydrogens (tertiary/aromatic N) is 1. The smallest absolute Gasteiger partial charge is 0.337 e. The molecule has 1 aromatic carbocycles. The lowest BCUT2D eigenvalue weighted by molar-refractivity contribution is 0.0600. The number of nitrogens with two attached hydrogens (primary N) is 1. The van der Waals surface area contributed by atoms with Crippen LogP contribution in [-0.4, -0.2) is 44.4 Å². The zero-order valence-electron chi connectivity index (χ0n) is 14.2. The van der Waals surface area contributed by atoms with Gasteiger partial charge in [-0.25, -0.2) is 13.2 Å². The lowest BCUT2D eigenvalue weighted by atomic mass is 10.00. The van der Waals surface area contributed by atoms with Gasteiger partial charge in [0.2, 0.25) is 10.0 Å². The minimum absolute atomic E-state index is 0. The number of halogens is 1. The van der Waals surface area contributed by atoms with Crippen molar-refractivity contribution in [3.05, 3.63) is 29.3 Å². The van der Waals surface area contributed by atoms with Gasteiger partial charge >= 0.3 is 5.97 Å². The first-order valence-electron chi connectivity index (χ1n) is 7.75. The average Bonchev–Trinajstić information content (AvgIpc) is 2.54. The molecule has 2 N–H and O–H groups in total. The van der Waals surface area contributed by atoms with Gasteiger partial charge in [0, 0.05) is 18.6 Å². The summed E-state index contributed by atoms with van der Waals surface area (Å²) in [6.45, 7) is 4.01. The zero-order valence-corrected chi connectivity index (χ0v) is 15.8. The maximum absolute atomic E-state index is 13.1. The monoisotopic (exact) mass is 376 g/mol. The summed E-state index contributed by atoms with van der Waals surface area (Å²) in [6.07, 6.45) is 2.55. The van der Waals surface area contributed by atoms with Crippen LogP contribution in [0.2, 0.25) is 0 Å². The normalized spacial score (nSPS) is 20.1. The first-order chi connectivity index (χ1) is 10.8. The molecule has 24 heavy (non-hydrogen) atoms. The van der Waals surface area contributed by atoms with E-state index in [0.29, 0.717) is 12.1 Å². The van der Waals surface area contributed by atoms with Gasteiger partial charge in [-0.15, -0.1) is 12.4 Å². The molecule has 0 aromatic heterocycles. The van der Waals surface area contributed by atoms with E-state index in [-0.39, 0.29) is 34.9 Å². The Kier molecular flexibility index (Phi) is 7.22. The molecule has 2 rings (SSSR count). The Labute approximate surface area is 149 Å². The van der Waals surface area contributed by atoms with E-state index < -0.39 is 16.0 Å². The number of rotatable bonds is 4. The molecule has 1 aliphatic rings. The summed E-state index contributed by atoms with van der Waals surface area (Å²) in [6, 6.07) is 4.14. The van der Waals surface area contributed by atoms with Gasteiger partial charge in [-0.2, -0.15) is 4.31 Å². The molecule has 136 valence electrons. The largest absolute Gasteiger partial charge is 0.465 e. The highest BCUT2D eigenvalue weighted by atomic mass is 35.5. The first kappa shape index (κ1) is 20.9. The Hall–Kier alpha value is -1.15. The molecule has 0 radical (unpaired) electrons. The van der Waals surface area contributed by atoms with E-state index in [1.807, 2.05) is 6.92 Å². The molecule has 0 amide bonds. The van der Waals surface area contributed by atoms with E-state index in [4.69, 9.17) is 5.73 Å². The molecule has 1 heterocycles. The molecule has 8 heteroatoms. The number of hydrogen-bond donors (Lipinski definition) is 1. The lowest BCUT2D eigenvalue weighted by Gasteiger charge is -2.37. The molecule has 0 spiro atoms. The van der Waals surface area contributed by atoms with E-state index in [1.54, 1.807) is 19.1 Å². The highest BCUT2D eigenvalue weighted by Crippen LogP contribution is 2.29. The van der Waals surface area contributed by atoms with Crippen molar-refractivity contribution in [3.63, 3.8) is 0 Å². The van der Waals surface area contributed by atoms with Crippen molar-refractivity contribution in [1.29, 1.82) is 0 Å². The predicted octanol–water partition coefficient (Wildman–Crippen LogP) is 2.09. The number of sulfonamides is 1. The maximum Gasteiger partial charge on any atom is 0.337 e. The topological polar surface area (TPSA) is 89.7 Å². The van der Waals surface area contributed by atoms with E-state index >= 15 is 0 Å². The van der Waals surface area contributed by atoms with Crippen LogP contribution in [0.15, 0.2) is 23.1 Å². The summed E-state index contributed by atoms with van der Waals surface area (Å²) in [5, 5.41) is 0. The van der Waals surface area contributed by atoms with Gasteiger partial charge in [-0.1, -0.05) is 12.5 Å². The van der Waals surface area contributed by atoms with Gasteiger partial charge in [0.15, 0.2) is 0 Å². The second-order valence-corrected chi connectivity index (χ2v) is 7.87. The summed E-state index contributed by atoms with van der Waals surface area (Å²) in [5.74, 6) is -0.552. The van der Waals surface area contributed by atoms with Crippen LogP contribution in [0.3, 0.4) is 0 Å². The van der Waals surface area contributed by atoms with Crippen LogP contribution in [0.4, 0.5) is 0 Å². The fraction of sp³-hybridized carbons (Fsp3) is 0.562. The summed E-state index contributed by atoms with van der Waals surface area (Å²) in [4.78, 5) is 11.8. The number of benzene rings is 1.